The van der Waals surface area contributed by atoms with Crippen molar-refractivity contribution >= 4 is 15.9 Å². The maximum atomic E-state index is 12.9. The number of carbonyl (C=O) groups is 1. The van der Waals surface area contributed by atoms with Crippen LogP contribution < -0.4 is 5.32 Å². The molecule has 1 aromatic heterocycles. The number of piperidine rings is 1. The van der Waals surface area contributed by atoms with Gasteiger partial charge in [0.1, 0.15) is 0 Å². The fourth-order valence-corrected chi connectivity index (χ4v) is 4.88. The molecule has 3 rings (SSSR count). The van der Waals surface area contributed by atoms with Crippen molar-refractivity contribution in [3.63, 3.8) is 0 Å². The Kier molecular flexibility index (Phi) is 6.70. The summed E-state index contributed by atoms with van der Waals surface area (Å²) < 4.78 is 25.8. The third-order valence-corrected chi connectivity index (χ3v) is 7.49. The van der Waals surface area contributed by atoms with E-state index in [1.165, 1.54) is 0 Å². The molecule has 0 bridgehead atoms. The normalized spacial score (nSPS) is 16.0. The Morgan fingerprint density at radius 3 is 2.48 bits per heavy atom. The minimum Gasteiger partial charge on any atom is -0.348 e. The molecule has 29 heavy (non-hydrogen) atoms. The molecule has 7 heteroatoms. The topological polar surface area (TPSA) is 79.4 Å². The summed E-state index contributed by atoms with van der Waals surface area (Å²) in [6.45, 7) is 7.02. The van der Waals surface area contributed by atoms with E-state index >= 15 is 0 Å². The molecule has 0 saturated carbocycles. The second kappa shape index (κ2) is 9.05. The molecule has 2 heterocycles. The predicted octanol–water partition coefficient (Wildman–Crippen LogP) is 3.16. The van der Waals surface area contributed by atoms with Crippen LogP contribution in [0, 0.1) is 13.8 Å². The monoisotopic (exact) mass is 415 g/mol. The number of benzene rings is 1. The van der Waals surface area contributed by atoms with Crippen LogP contribution in [-0.4, -0.2) is 42.5 Å². The third kappa shape index (κ3) is 5.03. The van der Waals surface area contributed by atoms with Gasteiger partial charge in [-0.15, -0.1) is 0 Å². The molecule has 1 aromatic carbocycles. The van der Waals surface area contributed by atoms with E-state index < -0.39 is 10.0 Å². The molecule has 0 aliphatic carbocycles. The third-order valence-electron chi connectivity index (χ3n) is 5.61. The first-order chi connectivity index (χ1) is 13.8. The van der Waals surface area contributed by atoms with E-state index in [-0.39, 0.29) is 17.6 Å². The fourth-order valence-electron chi connectivity index (χ4n) is 3.75. The van der Waals surface area contributed by atoms with Crippen LogP contribution in [0.25, 0.3) is 0 Å². The summed E-state index contributed by atoms with van der Waals surface area (Å²) in [6.07, 6.45) is 1.35. The molecule has 6 nitrogen and oxygen atoms in total. The number of rotatable bonds is 6. The van der Waals surface area contributed by atoms with Crippen LogP contribution in [0.4, 0.5) is 0 Å². The number of nitrogens with zero attached hydrogens (tertiary/aromatic N) is 2. The zero-order valence-electron chi connectivity index (χ0n) is 17.3. The molecular weight excluding hydrogens is 386 g/mol. The molecule has 0 radical (unpaired) electrons. The number of aromatic nitrogens is 1. The summed E-state index contributed by atoms with van der Waals surface area (Å²) in [5, 5.41) is 3.01. The average Bonchev–Trinajstić information content (AvgIpc) is 2.73. The van der Waals surface area contributed by atoms with E-state index in [1.54, 1.807) is 11.2 Å². The van der Waals surface area contributed by atoms with Crippen molar-refractivity contribution in [2.24, 2.45) is 0 Å². The summed E-state index contributed by atoms with van der Waals surface area (Å²) in [5.41, 5.74) is 4.45. The quantitative estimate of drug-likeness (QED) is 0.786. The van der Waals surface area contributed by atoms with E-state index in [1.807, 2.05) is 50.2 Å². The van der Waals surface area contributed by atoms with Crippen LogP contribution in [0.3, 0.4) is 0 Å². The Hall–Kier alpha value is -2.25. The number of hydrogen-bond acceptors (Lipinski definition) is 4. The molecule has 0 atom stereocenters. The second-order valence-corrected chi connectivity index (χ2v) is 9.83. The molecule has 0 spiro atoms. The highest BCUT2D eigenvalue weighted by Crippen LogP contribution is 2.30. The highest BCUT2D eigenvalue weighted by Gasteiger charge is 2.30. The zero-order chi connectivity index (χ0) is 21.0. The van der Waals surface area contributed by atoms with E-state index in [2.05, 4.69) is 10.3 Å². The Morgan fingerprint density at radius 1 is 1.14 bits per heavy atom. The summed E-state index contributed by atoms with van der Waals surface area (Å²) in [7, 11) is -3.17. The maximum Gasteiger partial charge on any atom is 0.253 e. The highest BCUT2D eigenvalue weighted by molar-refractivity contribution is 7.89. The van der Waals surface area contributed by atoms with Crippen LogP contribution >= 0.6 is 0 Å². The van der Waals surface area contributed by atoms with Crippen LogP contribution in [-0.2, 0) is 16.6 Å². The van der Waals surface area contributed by atoms with Crippen LogP contribution in [0.2, 0.25) is 0 Å². The van der Waals surface area contributed by atoms with Crippen molar-refractivity contribution in [1.82, 2.24) is 14.6 Å². The Labute approximate surface area is 173 Å². The molecule has 1 aliphatic heterocycles. The second-order valence-electron chi connectivity index (χ2n) is 7.57. The van der Waals surface area contributed by atoms with Gasteiger partial charge in [-0.3, -0.25) is 9.78 Å². The molecule has 156 valence electrons. The van der Waals surface area contributed by atoms with Gasteiger partial charge >= 0.3 is 0 Å². The molecule has 1 N–H and O–H groups in total. The average molecular weight is 416 g/mol. The number of amides is 1. The van der Waals surface area contributed by atoms with E-state index in [0.29, 0.717) is 38.0 Å². The van der Waals surface area contributed by atoms with Gasteiger partial charge in [0.15, 0.2) is 0 Å². The van der Waals surface area contributed by atoms with Crippen LogP contribution in [0.15, 0.2) is 36.4 Å². The van der Waals surface area contributed by atoms with Gasteiger partial charge in [-0.25, -0.2) is 12.7 Å². The lowest BCUT2D eigenvalue weighted by atomic mass is 9.90. The summed E-state index contributed by atoms with van der Waals surface area (Å²) in [5.74, 6) is 0.0594. The van der Waals surface area contributed by atoms with Gasteiger partial charge in [-0.1, -0.05) is 24.3 Å². The minimum atomic E-state index is -3.17. The lowest BCUT2D eigenvalue weighted by Gasteiger charge is -2.31. The number of hydrogen-bond donors (Lipinski definition) is 1. The van der Waals surface area contributed by atoms with Crippen molar-refractivity contribution < 1.29 is 13.2 Å². The maximum absolute atomic E-state index is 12.9. The Morgan fingerprint density at radius 2 is 1.83 bits per heavy atom. The molecule has 0 unspecified atom stereocenters. The Bertz CT molecular complexity index is 981. The van der Waals surface area contributed by atoms with E-state index in [4.69, 9.17) is 0 Å². The molecule has 1 amide bonds. The molecule has 1 saturated heterocycles. The van der Waals surface area contributed by atoms with Gasteiger partial charge in [-0.2, -0.15) is 0 Å². The predicted molar refractivity (Wildman–Crippen MR) is 114 cm³/mol. The number of aryl methyl sites for hydroxylation is 2. The lowest BCUT2D eigenvalue weighted by Crippen LogP contribution is -2.39. The number of pyridine rings is 1. The minimum absolute atomic E-state index is 0.0809. The number of carbonyl (C=O) groups excluding carboxylic acids is 1. The number of nitrogens with one attached hydrogen (secondary N) is 1. The molecule has 1 fully saturated rings. The highest BCUT2D eigenvalue weighted by atomic mass is 32.2. The van der Waals surface area contributed by atoms with E-state index in [0.717, 1.165) is 22.5 Å². The van der Waals surface area contributed by atoms with Crippen molar-refractivity contribution in [2.45, 2.75) is 46.1 Å². The van der Waals surface area contributed by atoms with Gasteiger partial charge in [0.25, 0.3) is 5.91 Å². The van der Waals surface area contributed by atoms with E-state index in [9.17, 15) is 13.2 Å². The Balaban J connectivity index is 1.75. The standard InChI is InChI=1S/C22H29N3O3S/c1-4-29(27,28)25-13-11-18(12-14-25)21-20(10-9-17(3)24-21)22(26)23-15-19-8-6-5-7-16(19)2/h5-10,18H,4,11-15H2,1-3H3,(H,23,26). The lowest BCUT2D eigenvalue weighted by molar-refractivity contribution is 0.0948. The first-order valence-electron chi connectivity index (χ1n) is 10.1. The van der Waals surface area contributed by atoms with Gasteiger partial charge < -0.3 is 5.32 Å². The van der Waals surface area contributed by atoms with Gasteiger partial charge in [-0.05, 0) is 56.9 Å². The van der Waals surface area contributed by atoms with Crippen molar-refractivity contribution in [3.05, 3.63) is 64.5 Å². The SMILES string of the molecule is CCS(=O)(=O)N1CCC(c2nc(C)ccc2C(=O)NCc2ccccc2C)CC1. The largest absolute Gasteiger partial charge is 0.348 e. The van der Waals surface area contributed by atoms with Crippen molar-refractivity contribution in [3.8, 4) is 0 Å². The van der Waals surface area contributed by atoms with Crippen LogP contribution in [0.1, 0.15) is 58.6 Å². The number of sulfonamides is 1. The summed E-state index contributed by atoms with van der Waals surface area (Å²) >= 11 is 0. The zero-order valence-corrected chi connectivity index (χ0v) is 18.1. The van der Waals surface area contributed by atoms with Gasteiger partial charge in [0, 0.05) is 31.2 Å². The summed E-state index contributed by atoms with van der Waals surface area (Å²) in [4.78, 5) is 17.6. The van der Waals surface area contributed by atoms with Crippen LogP contribution in [0.5, 0.6) is 0 Å². The molecular formula is C22H29N3O3S. The van der Waals surface area contributed by atoms with Gasteiger partial charge in [0.05, 0.1) is 17.0 Å². The fraction of sp³-hybridized carbons (Fsp3) is 0.455. The van der Waals surface area contributed by atoms with Crippen molar-refractivity contribution in [2.75, 3.05) is 18.8 Å². The first-order valence-corrected chi connectivity index (χ1v) is 11.7. The first kappa shape index (κ1) is 21.5. The van der Waals surface area contributed by atoms with Crippen molar-refractivity contribution in [1.29, 1.82) is 0 Å². The summed E-state index contributed by atoms with van der Waals surface area (Å²) in [6, 6.07) is 11.7. The van der Waals surface area contributed by atoms with Gasteiger partial charge in [0.2, 0.25) is 10.0 Å². The molecule has 2 aromatic rings. The smallest absolute Gasteiger partial charge is 0.253 e. The molecule has 1 aliphatic rings.